The maximum Gasteiger partial charge on any atom is 0.191 e. The Bertz CT molecular complexity index is 438. The second-order valence-corrected chi connectivity index (χ2v) is 9.77. The number of alkyl halides is 4. The first-order chi connectivity index (χ1) is 11.5. The van der Waals surface area contributed by atoms with Gasteiger partial charge in [0, 0.05) is 23.3 Å². The largest absolute Gasteiger partial charge is 0.355 e. The summed E-state index contributed by atoms with van der Waals surface area (Å²) in [4.78, 5) is 4.50. The summed E-state index contributed by atoms with van der Waals surface area (Å²) in [6.45, 7) is 1.73. The molecule has 0 aromatic rings. The molecule has 7 heteroatoms. The lowest BCUT2D eigenvalue weighted by molar-refractivity contribution is 0.235. The van der Waals surface area contributed by atoms with Crippen LogP contribution in [-0.4, -0.2) is 46.6 Å². The Balaban J connectivity index is 1.69. The molecule has 3 rings (SSSR count). The molecule has 2 aliphatic carbocycles. The van der Waals surface area contributed by atoms with Crippen LogP contribution in [0, 0.1) is 11.8 Å². The minimum atomic E-state index is 0.00195. The van der Waals surface area contributed by atoms with Crippen LogP contribution in [0.2, 0.25) is 0 Å². The molecule has 2 N–H and O–H groups in total. The molecule has 2 fully saturated rings. The van der Waals surface area contributed by atoms with Gasteiger partial charge in [-0.05, 0) is 50.4 Å². The average molecular weight is 415 g/mol. The summed E-state index contributed by atoms with van der Waals surface area (Å²) in [7, 11) is 0. The zero-order valence-corrected chi connectivity index (χ0v) is 16.9. The Labute approximate surface area is 165 Å². The Kier molecular flexibility index (Phi) is 7.11. The standard InChI is InChI=1S/C17H27Cl4N3/c18-11-6-10(7-12(19)9-11)8-15(24-17-22-4-5-23-17)13-2-1-3-14(20)16(13)21/h10-16H,1-9H2,(H2,22,23,24). The number of halogens is 4. The minimum absolute atomic E-state index is 0.00195. The molecule has 0 aromatic carbocycles. The Morgan fingerprint density at radius 2 is 1.83 bits per heavy atom. The normalized spacial score (nSPS) is 41.4. The van der Waals surface area contributed by atoms with Crippen molar-refractivity contribution in [1.82, 2.24) is 10.6 Å². The van der Waals surface area contributed by atoms with Crippen LogP contribution in [0.5, 0.6) is 0 Å². The van der Waals surface area contributed by atoms with Crippen LogP contribution in [0.15, 0.2) is 4.99 Å². The van der Waals surface area contributed by atoms with Crippen LogP contribution in [0.3, 0.4) is 0 Å². The number of hydrogen-bond donors (Lipinski definition) is 2. The van der Waals surface area contributed by atoms with E-state index in [2.05, 4.69) is 15.6 Å². The lowest BCUT2D eigenvalue weighted by Crippen LogP contribution is -2.50. The fraction of sp³-hybridized carbons (Fsp3) is 0.941. The minimum Gasteiger partial charge on any atom is -0.355 e. The van der Waals surface area contributed by atoms with Crippen molar-refractivity contribution in [3.05, 3.63) is 0 Å². The van der Waals surface area contributed by atoms with Crippen LogP contribution < -0.4 is 10.6 Å². The van der Waals surface area contributed by atoms with Crippen molar-refractivity contribution >= 4 is 52.4 Å². The van der Waals surface area contributed by atoms with Gasteiger partial charge in [-0.3, -0.25) is 4.99 Å². The molecule has 1 heterocycles. The van der Waals surface area contributed by atoms with Crippen molar-refractivity contribution in [2.75, 3.05) is 13.1 Å². The van der Waals surface area contributed by atoms with E-state index in [-0.39, 0.29) is 27.6 Å². The van der Waals surface area contributed by atoms with E-state index in [0.29, 0.717) is 11.8 Å². The van der Waals surface area contributed by atoms with Crippen molar-refractivity contribution in [3.63, 3.8) is 0 Å². The lowest BCUT2D eigenvalue weighted by Gasteiger charge is -2.40. The van der Waals surface area contributed by atoms with Gasteiger partial charge in [0.15, 0.2) is 5.96 Å². The molecule has 2 saturated carbocycles. The molecule has 6 atom stereocenters. The molecule has 1 aliphatic heterocycles. The van der Waals surface area contributed by atoms with Crippen LogP contribution in [0.4, 0.5) is 0 Å². The Morgan fingerprint density at radius 1 is 1.08 bits per heavy atom. The molecule has 24 heavy (non-hydrogen) atoms. The van der Waals surface area contributed by atoms with Gasteiger partial charge >= 0.3 is 0 Å². The highest BCUT2D eigenvalue weighted by Gasteiger charge is 2.38. The van der Waals surface area contributed by atoms with Crippen molar-refractivity contribution in [2.24, 2.45) is 16.8 Å². The van der Waals surface area contributed by atoms with E-state index < -0.39 is 0 Å². The van der Waals surface area contributed by atoms with Gasteiger partial charge in [0.05, 0.1) is 17.3 Å². The Hall–Kier alpha value is 0.430. The van der Waals surface area contributed by atoms with E-state index in [9.17, 15) is 0 Å². The number of guanidine groups is 1. The first-order valence-corrected chi connectivity index (χ1v) is 10.9. The second-order valence-electron chi connectivity index (χ2n) is 7.47. The molecule has 3 aliphatic rings. The van der Waals surface area contributed by atoms with Crippen molar-refractivity contribution < 1.29 is 0 Å². The highest BCUT2D eigenvalue weighted by molar-refractivity contribution is 6.30. The summed E-state index contributed by atoms with van der Waals surface area (Å²) < 4.78 is 0. The van der Waals surface area contributed by atoms with Crippen LogP contribution in [-0.2, 0) is 0 Å². The van der Waals surface area contributed by atoms with Gasteiger partial charge in [-0.2, -0.15) is 0 Å². The van der Waals surface area contributed by atoms with E-state index in [1.807, 2.05) is 0 Å². The Morgan fingerprint density at radius 3 is 2.50 bits per heavy atom. The summed E-state index contributed by atoms with van der Waals surface area (Å²) >= 11 is 26.0. The topological polar surface area (TPSA) is 36.4 Å². The molecule has 0 amide bonds. The number of aliphatic imine (C=N–C) groups is 1. The first kappa shape index (κ1) is 19.2. The summed E-state index contributed by atoms with van der Waals surface area (Å²) in [6.07, 6.45) is 7.28. The fourth-order valence-electron chi connectivity index (χ4n) is 4.41. The molecule has 0 saturated heterocycles. The van der Waals surface area contributed by atoms with E-state index in [1.165, 1.54) is 0 Å². The van der Waals surface area contributed by atoms with Gasteiger partial charge in [0.2, 0.25) is 0 Å². The summed E-state index contributed by atoms with van der Waals surface area (Å²) in [5, 5.41) is 7.37. The van der Waals surface area contributed by atoms with Crippen LogP contribution in [0.25, 0.3) is 0 Å². The number of nitrogens with one attached hydrogen (secondary N) is 2. The highest BCUT2D eigenvalue weighted by Crippen LogP contribution is 2.39. The predicted octanol–water partition coefficient (Wildman–Crippen LogP) is 4.32. The van der Waals surface area contributed by atoms with Gasteiger partial charge in [0.25, 0.3) is 0 Å². The predicted molar refractivity (Wildman–Crippen MR) is 105 cm³/mol. The SMILES string of the molecule is ClC1CC(Cl)CC(CC(NC2=NCCN2)C2CCCC(Cl)C2Cl)C1. The van der Waals surface area contributed by atoms with Gasteiger partial charge in [-0.15, -0.1) is 46.4 Å². The van der Waals surface area contributed by atoms with Crippen molar-refractivity contribution in [1.29, 1.82) is 0 Å². The number of rotatable bonds is 4. The van der Waals surface area contributed by atoms with E-state index >= 15 is 0 Å². The smallest absolute Gasteiger partial charge is 0.191 e. The molecular formula is C17H27Cl4N3. The van der Waals surface area contributed by atoms with Crippen molar-refractivity contribution in [2.45, 2.75) is 72.5 Å². The van der Waals surface area contributed by atoms with Gasteiger partial charge < -0.3 is 10.6 Å². The van der Waals surface area contributed by atoms with E-state index in [4.69, 9.17) is 46.4 Å². The summed E-state index contributed by atoms with van der Waals surface area (Å²) in [5.41, 5.74) is 0. The molecular weight excluding hydrogens is 388 g/mol. The van der Waals surface area contributed by atoms with Gasteiger partial charge in [0.1, 0.15) is 0 Å². The van der Waals surface area contributed by atoms with Crippen LogP contribution in [0.1, 0.15) is 44.9 Å². The molecule has 0 spiro atoms. The van der Waals surface area contributed by atoms with Crippen LogP contribution >= 0.6 is 46.4 Å². The third kappa shape index (κ3) is 4.99. The molecule has 6 unspecified atom stereocenters. The van der Waals surface area contributed by atoms with Crippen molar-refractivity contribution in [3.8, 4) is 0 Å². The van der Waals surface area contributed by atoms with Gasteiger partial charge in [-0.25, -0.2) is 0 Å². The quantitative estimate of drug-likeness (QED) is 0.671. The second kappa shape index (κ2) is 8.88. The maximum atomic E-state index is 6.70. The lowest BCUT2D eigenvalue weighted by atomic mass is 9.76. The average Bonchev–Trinajstić information content (AvgIpc) is 3.01. The van der Waals surface area contributed by atoms with Gasteiger partial charge in [-0.1, -0.05) is 6.42 Å². The number of nitrogens with zero attached hydrogens (tertiary/aromatic N) is 1. The third-order valence-corrected chi connectivity index (χ3v) is 7.52. The fourth-order valence-corrected chi connectivity index (χ4v) is 6.20. The summed E-state index contributed by atoms with van der Waals surface area (Å²) in [5.74, 6) is 1.79. The molecule has 0 aromatic heterocycles. The summed E-state index contributed by atoms with van der Waals surface area (Å²) in [6, 6.07) is 0.272. The molecule has 138 valence electrons. The highest BCUT2D eigenvalue weighted by atomic mass is 35.5. The number of hydrogen-bond acceptors (Lipinski definition) is 3. The maximum absolute atomic E-state index is 6.70. The molecule has 0 radical (unpaired) electrons. The monoisotopic (exact) mass is 413 g/mol. The zero-order chi connectivity index (χ0) is 17.1. The molecule has 0 bridgehead atoms. The third-order valence-electron chi connectivity index (χ3n) is 5.56. The first-order valence-electron chi connectivity index (χ1n) is 9.14. The van der Waals surface area contributed by atoms with E-state index in [1.54, 1.807) is 0 Å². The zero-order valence-electron chi connectivity index (χ0n) is 13.9. The molecule has 3 nitrogen and oxygen atoms in total. The van der Waals surface area contributed by atoms with E-state index in [0.717, 1.165) is 64.0 Å².